The second-order valence-electron chi connectivity index (χ2n) is 5.35. The van der Waals surface area contributed by atoms with Gasteiger partial charge in [0.1, 0.15) is 5.75 Å². The van der Waals surface area contributed by atoms with Crippen LogP contribution in [-0.2, 0) is 4.79 Å². The van der Waals surface area contributed by atoms with Gasteiger partial charge < -0.3 is 15.8 Å². The lowest BCUT2D eigenvalue weighted by atomic mass is 10.1. The number of carbonyl (C=O) groups excluding carboxylic acids is 1. The first-order valence-electron chi connectivity index (χ1n) is 6.91. The number of benzene rings is 2. The molecule has 0 aliphatic carbocycles. The number of halogens is 1. The second kappa shape index (κ2) is 6.71. The zero-order valence-corrected chi connectivity index (χ0v) is 13.6. The van der Waals surface area contributed by atoms with Crippen LogP contribution in [-0.4, -0.2) is 12.5 Å². The number of ether oxygens (including phenoxy) is 1. The molecule has 0 spiro atoms. The molecule has 2 aromatic carbocycles. The number of rotatable bonds is 4. The zero-order chi connectivity index (χ0) is 16.3. The van der Waals surface area contributed by atoms with Gasteiger partial charge in [0.15, 0.2) is 6.61 Å². The van der Waals surface area contributed by atoms with Crippen molar-refractivity contribution >= 4 is 28.9 Å². The van der Waals surface area contributed by atoms with Crippen LogP contribution in [0.4, 0.5) is 11.4 Å². The van der Waals surface area contributed by atoms with Gasteiger partial charge in [-0.1, -0.05) is 17.7 Å². The Balaban J connectivity index is 2.00. The van der Waals surface area contributed by atoms with Crippen molar-refractivity contribution in [3.63, 3.8) is 0 Å². The van der Waals surface area contributed by atoms with Gasteiger partial charge in [-0.2, -0.15) is 0 Å². The average Bonchev–Trinajstić information content (AvgIpc) is 2.41. The van der Waals surface area contributed by atoms with Crippen LogP contribution in [0.5, 0.6) is 5.75 Å². The smallest absolute Gasteiger partial charge is 0.262 e. The number of nitrogens with two attached hydrogens (primary N) is 1. The van der Waals surface area contributed by atoms with Crippen LogP contribution in [0.2, 0.25) is 5.02 Å². The van der Waals surface area contributed by atoms with Gasteiger partial charge in [0.25, 0.3) is 5.91 Å². The van der Waals surface area contributed by atoms with Crippen LogP contribution < -0.4 is 15.8 Å². The Morgan fingerprint density at radius 2 is 1.77 bits per heavy atom. The van der Waals surface area contributed by atoms with E-state index in [1.165, 1.54) is 0 Å². The van der Waals surface area contributed by atoms with Gasteiger partial charge in [-0.15, -0.1) is 0 Å². The topological polar surface area (TPSA) is 64.3 Å². The maximum Gasteiger partial charge on any atom is 0.262 e. The standard InChI is InChI=1S/C17H19ClN2O2/c1-10-4-11(2)6-13(5-10)22-9-17(21)20-16-8-14(18)12(3)7-15(16)19/h4-8H,9,19H2,1-3H3,(H,20,21). The van der Waals surface area contributed by atoms with E-state index < -0.39 is 0 Å². The SMILES string of the molecule is Cc1cc(C)cc(OCC(=O)Nc2cc(Cl)c(C)cc2N)c1. The van der Waals surface area contributed by atoms with Crippen molar-refractivity contribution in [2.24, 2.45) is 0 Å². The van der Waals surface area contributed by atoms with Crippen molar-refractivity contribution in [3.05, 3.63) is 52.0 Å². The molecular weight excluding hydrogens is 300 g/mol. The highest BCUT2D eigenvalue weighted by atomic mass is 35.5. The fraction of sp³-hybridized carbons (Fsp3) is 0.235. The zero-order valence-electron chi connectivity index (χ0n) is 12.9. The van der Waals surface area contributed by atoms with E-state index in [1.54, 1.807) is 12.1 Å². The number of nitrogens with one attached hydrogen (secondary N) is 1. The molecule has 2 aromatic rings. The van der Waals surface area contributed by atoms with E-state index in [0.29, 0.717) is 22.1 Å². The first-order chi connectivity index (χ1) is 10.3. The Kier molecular flexibility index (Phi) is 4.93. The van der Waals surface area contributed by atoms with Crippen LogP contribution in [0.25, 0.3) is 0 Å². The van der Waals surface area contributed by atoms with Gasteiger partial charge in [0.2, 0.25) is 0 Å². The van der Waals surface area contributed by atoms with Crippen molar-refractivity contribution in [1.29, 1.82) is 0 Å². The van der Waals surface area contributed by atoms with Crippen LogP contribution in [0, 0.1) is 20.8 Å². The Labute approximate surface area is 135 Å². The monoisotopic (exact) mass is 318 g/mol. The first kappa shape index (κ1) is 16.2. The molecule has 116 valence electrons. The van der Waals surface area contributed by atoms with E-state index in [0.717, 1.165) is 16.7 Å². The lowest BCUT2D eigenvalue weighted by Crippen LogP contribution is -2.21. The molecular formula is C17H19ClN2O2. The van der Waals surface area contributed by atoms with E-state index in [2.05, 4.69) is 5.32 Å². The lowest BCUT2D eigenvalue weighted by molar-refractivity contribution is -0.118. The summed E-state index contributed by atoms with van der Waals surface area (Å²) in [7, 11) is 0. The summed E-state index contributed by atoms with van der Waals surface area (Å²) in [6.07, 6.45) is 0. The molecule has 22 heavy (non-hydrogen) atoms. The Hall–Kier alpha value is -2.20. The van der Waals surface area contributed by atoms with E-state index in [4.69, 9.17) is 22.1 Å². The highest BCUT2D eigenvalue weighted by Crippen LogP contribution is 2.26. The molecule has 0 saturated carbocycles. The molecule has 0 atom stereocenters. The van der Waals surface area contributed by atoms with E-state index in [-0.39, 0.29) is 12.5 Å². The van der Waals surface area contributed by atoms with Crippen LogP contribution in [0.3, 0.4) is 0 Å². The maximum absolute atomic E-state index is 12.0. The molecule has 0 saturated heterocycles. The summed E-state index contributed by atoms with van der Waals surface area (Å²) in [4.78, 5) is 12.0. The molecule has 0 heterocycles. The number of anilines is 2. The largest absolute Gasteiger partial charge is 0.484 e. The molecule has 0 aromatic heterocycles. The van der Waals surface area contributed by atoms with Crippen LogP contribution in [0.1, 0.15) is 16.7 Å². The number of amides is 1. The minimum absolute atomic E-state index is 0.0895. The third-order valence-electron chi connectivity index (χ3n) is 3.17. The fourth-order valence-electron chi connectivity index (χ4n) is 2.16. The molecule has 5 heteroatoms. The molecule has 0 fully saturated rings. The highest BCUT2D eigenvalue weighted by Gasteiger charge is 2.09. The molecule has 0 bridgehead atoms. The van der Waals surface area contributed by atoms with Crippen molar-refractivity contribution < 1.29 is 9.53 Å². The molecule has 0 radical (unpaired) electrons. The summed E-state index contributed by atoms with van der Waals surface area (Å²) in [5.41, 5.74) is 9.88. The van der Waals surface area contributed by atoms with Crippen molar-refractivity contribution in [3.8, 4) is 5.75 Å². The summed E-state index contributed by atoms with van der Waals surface area (Å²) < 4.78 is 5.51. The summed E-state index contributed by atoms with van der Waals surface area (Å²) in [5, 5.41) is 3.26. The molecule has 1 amide bonds. The number of hydrogen-bond donors (Lipinski definition) is 2. The quantitative estimate of drug-likeness (QED) is 0.841. The molecule has 0 aliphatic rings. The van der Waals surface area contributed by atoms with E-state index in [1.807, 2.05) is 39.0 Å². The Morgan fingerprint density at radius 3 is 2.41 bits per heavy atom. The van der Waals surface area contributed by atoms with E-state index in [9.17, 15) is 4.79 Å². The van der Waals surface area contributed by atoms with E-state index >= 15 is 0 Å². The minimum atomic E-state index is -0.286. The predicted octanol–water partition coefficient (Wildman–Crippen LogP) is 3.86. The van der Waals surface area contributed by atoms with Crippen molar-refractivity contribution in [2.45, 2.75) is 20.8 Å². The minimum Gasteiger partial charge on any atom is -0.484 e. The predicted molar refractivity (Wildman–Crippen MR) is 90.6 cm³/mol. The van der Waals surface area contributed by atoms with Gasteiger partial charge in [-0.3, -0.25) is 4.79 Å². The maximum atomic E-state index is 12.0. The molecule has 0 aliphatic heterocycles. The third kappa shape index (κ3) is 4.15. The molecule has 0 unspecified atom stereocenters. The van der Waals surface area contributed by atoms with Gasteiger partial charge in [0, 0.05) is 5.02 Å². The average molecular weight is 319 g/mol. The number of hydrogen-bond acceptors (Lipinski definition) is 3. The molecule has 2 rings (SSSR count). The summed E-state index contributed by atoms with van der Waals surface area (Å²) in [5.74, 6) is 0.383. The molecule has 3 N–H and O–H groups in total. The van der Waals surface area contributed by atoms with Crippen molar-refractivity contribution in [1.82, 2.24) is 0 Å². The third-order valence-corrected chi connectivity index (χ3v) is 3.58. The Bertz CT molecular complexity index is 694. The second-order valence-corrected chi connectivity index (χ2v) is 5.76. The number of aryl methyl sites for hydroxylation is 3. The lowest BCUT2D eigenvalue weighted by Gasteiger charge is -2.11. The van der Waals surface area contributed by atoms with Crippen molar-refractivity contribution in [2.75, 3.05) is 17.7 Å². The summed E-state index contributed by atoms with van der Waals surface area (Å²) in [6, 6.07) is 9.18. The number of nitrogen functional groups attached to an aromatic ring is 1. The van der Waals surface area contributed by atoms with Gasteiger partial charge >= 0.3 is 0 Å². The first-order valence-corrected chi connectivity index (χ1v) is 7.29. The van der Waals surface area contributed by atoms with Gasteiger partial charge in [0.05, 0.1) is 11.4 Å². The highest BCUT2D eigenvalue weighted by molar-refractivity contribution is 6.31. The number of carbonyl (C=O) groups is 1. The van der Waals surface area contributed by atoms with Crippen LogP contribution >= 0.6 is 11.6 Å². The summed E-state index contributed by atoms with van der Waals surface area (Å²) >= 11 is 6.04. The normalized spacial score (nSPS) is 10.4. The summed E-state index contributed by atoms with van der Waals surface area (Å²) in [6.45, 7) is 5.73. The van der Waals surface area contributed by atoms with Gasteiger partial charge in [-0.05, 0) is 61.7 Å². The molecule has 4 nitrogen and oxygen atoms in total. The van der Waals surface area contributed by atoms with Crippen LogP contribution in [0.15, 0.2) is 30.3 Å². The van der Waals surface area contributed by atoms with Gasteiger partial charge in [-0.25, -0.2) is 0 Å². The fourth-order valence-corrected chi connectivity index (χ4v) is 2.33. The Morgan fingerprint density at radius 1 is 1.14 bits per heavy atom.